The molecule has 0 bridgehead atoms. The van der Waals surface area contributed by atoms with E-state index in [1.165, 1.54) is 6.20 Å². The predicted octanol–water partition coefficient (Wildman–Crippen LogP) is 0.413. The molecule has 6 heteroatoms. The Morgan fingerprint density at radius 3 is 2.59 bits per heavy atom. The number of carboxylic acids is 1. The quantitative estimate of drug-likeness (QED) is 0.802. The second kappa shape index (κ2) is 4.90. The topological polar surface area (TPSA) is 83.4 Å². The summed E-state index contributed by atoms with van der Waals surface area (Å²) in [6, 6.07) is 3.27. The summed E-state index contributed by atoms with van der Waals surface area (Å²) in [6.45, 7) is 0.929. The Bertz CT molecular complexity index is 413. The first-order valence-corrected chi connectivity index (χ1v) is 5.48. The van der Waals surface area contributed by atoms with E-state index in [4.69, 9.17) is 5.11 Å². The smallest absolute Gasteiger partial charge is 0.306 e. The standard InChI is InChI=1S/C11H13N3O3/c15-10(9-2-1-5-12-13-9)14-6-3-8(4-7-14)11(16)17/h1-2,5,8H,3-4,6-7H2,(H,16,17). The minimum absolute atomic E-state index is 0.179. The van der Waals surface area contributed by atoms with Crippen LogP contribution in [0.5, 0.6) is 0 Å². The lowest BCUT2D eigenvalue weighted by molar-refractivity contribution is -0.143. The van der Waals surface area contributed by atoms with Gasteiger partial charge < -0.3 is 10.0 Å². The number of carbonyl (C=O) groups excluding carboxylic acids is 1. The maximum atomic E-state index is 12.0. The second-order valence-corrected chi connectivity index (χ2v) is 4.01. The van der Waals surface area contributed by atoms with E-state index in [-0.39, 0.29) is 11.8 Å². The molecule has 0 spiro atoms. The molecule has 2 rings (SSSR count). The molecule has 0 atom stereocenters. The van der Waals surface area contributed by atoms with Crippen LogP contribution in [0, 0.1) is 5.92 Å². The Morgan fingerprint density at radius 2 is 2.06 bits per heavy atom. The highest BCUT2D eigenvalue weighted by molar-refractivity contribution is 5.92. The van der Waals surface area contributed by atoms with Crippen molar-refractivity contribution >= 4 is 11.9 Å². The van der Waals surface area contributed by atoms with Crippen LogP contribution in [0.4, 0.5) is 0 Å². The first-order valence-electron chi connectivity index (χ1n) is 5.48. The lowest BCUT2D eigenvalue weighted by atomic mass is 9.97. The molecule has 2 heterocycles. The van der Waals surface area contributed by atoms with Crippen LogP contribution >= 0.6 is 0 Å². The molecule has 0 radical (unpaired) electrons. The molecule has 1 amide bonds. The van der Waals surface area contributed by atoms with Gasteiger partial charge in [0.15, 0.2) is 5.69 Å². The van der Waals surface area contributed by atoms with E-state index in [1.54, 1.807) is 17.0 Å². The van der Waals surface area contributed by atoms with Crippen molar-refractivity contribution in [1.82, 2.24) is 15.1 Å². The van der Waals surface area contributed by atoms with Crippen molar-refractivity contribution in [2.75, 3.05) is 13.1 Å². The summed E-state index contributed by atoms with van der Waals surface area (Å²) in [7, 11) is 0. The van der Waals surface area contributed by atoms with E-state index in [0.29, 0.717) is 31.6 Å². The number of nitrogens with zero attached hydrogens (tertiary/aromatic N) is 3. The summed E-state index contributed by atoms with van der Waals surface area (Å²) in [5.41, 5.74) is 0.307. The van der Waals surface area contributed by atoms with Crippen molar-refractivity contribution in [2.24, 2.45) is 5.92 Å². The molecule has 1 aromatic rings. The predicted molar refractivity (Wildman–Crippen MR) is 58.3 cm³/mol. The van der Waals surface area contributed by atoms with Gasteiger partial charge in [-0.25, -0.2) is 0 Å². The molecule has 1 aliphatic heterocycles. The van der Waals surface area contributed by atoms with Gasteiger partial charge in [-0.15, -0.1) is 5.10 Å². The number of aliphatic carboxylic acids is 1. The zero-order chi connectivity index (χ0) is 12.3. The van der Waals surface area contributed by atoms with Gasteiger partial charge in [0.2, 0.25) is 0 Å². The van der Waals surface area contributed by atoms with Gasteiger partial charge in [0.25, 0.3) is 5.91 Å². The molecule has 1 fully saturated rings. The first-order chi connectivity index (χ1) is 8.18. The Balaban J connectivity index is 1.98. The number of aromatic nitrogens is 2. The van der Waals surface area contributed by atoms with Crippen molar-refractivity contribution in [2.45, 2.75) is 12.8 Å². The molecule has 0 aliphatic carbocycles. The molecule has 6 nitrogen and oxygen atoms in total. The number of carboxylic acid groups (broad SMARTS) is 1. The fraction of sp³-hybridized carbons (Fsp3) is 0.455. The van der Waals surface area contributed by atoms with Gasteiger partial charge in [-0.2, -0.15) is 5.10 Å². The lowest BCUT2D eigenvalue weighted by Crippen LogP contribution is -2.40. The highest BCUT2D eigenvalue weighted by Crippen LogP contribution is 2.18. The van der Waals surface area contributed by atoms with Gasteiger partial charge in [-0.3, -0.25) is 9.59 Å². The summed E-state index contributed by atoms with van der Waals surface area (Å²) in [5.74, 6) is -1.29. The number of carbonyl (C=O) groups is 2. The normalized spacial score (nSPS) is 16.8. The number of rotatable bonds is 2. The van der Waals surface area contributed by atoms with Crippen LogP contribution in [0.1, 0.15) is 23.3 Å². The highest BCUT2D eigenvalue weighted by Gasteiger charge is 2.27. The van der Waals surface area contributed by atoms with Crippen molar-refractivity contribution in [3.63, 3.8) is 0 Å². The van der Waals surface area contributed by atoms with E-state index < -0.39 is 5.97 Å². The average Bonchev–Trinajstić information content (AvgIpc) is 2.39. The number of amides is 1. The summed E-state index contributed by atoms with van der Waals surface area (Å²) in [4.78, 5) is 24.4. The van der Waals surface area contributed by atoms with Gasteiger partial charge in [0.05, 0.1) is 5.92 Å². The van der Waals surface area contributed by atoms with E-state index in [2.05, 4.69) is 10.2 Å². The van der Waals surface area contributed by atoms with Crippen LogP contribution in [-0.2, 0) is 4.79 Å². The van der Waals surface area contributed by atoms with Gasteiger partial charge in [-0.1, -0.05) is 0 Å². The van der Waals surface area contributed by atoms with Crippen LogP contribution in [0.3, 0.4) is 0 Å². The zero-order valence-electron chi connectivity index (χ0n) is 9.24. The second-order valence-electron chi connectivity index (χ2n) is 4.01. The van der Waals surface area contributed by atoms with Crippen molar-refractivity contribution in [1.29, 1.82) is 0 Å². The van der Waals surface area contributed by atoms with Crippen molar-refractivity contribution < 1.29 is 14.7 Å². The van der Waals surface area contributed by atoms with E-state index in [1.807, 2.05) is 0 Å². The summed E-state index contributed by atoms with van der Waals surface area (Å²) < 4.78 is 0. The SMILES string of the molecule is O=C(O)C1CCN(C(=O)c2cccnn2)CC1. The molecule has 17 heavy (non-hydrogen) atoms. The number of hydrogen-bond donors (Lipinski definition) is 1. The van der Waals surface area contributed by atoms with E-state index in [0.717, 1.165) is 0 Å². The molecule has 1 N–H and O–H groups in total. The maximum absolute atomic E-state index is 12.0. The Hall–Kier alpha value is -1.98. The lowest BCUT2D eigenvalue weighted by Gasteiger charge is -2.29. The third-order valence-electron chi connectivity index (χ3n) is 2.92. The fourth-order valence-electron chi connectivity index (χ4n) is 1.91. The highest BCUT2D eigenvalue weighted by atomic mass is 16.4. The van der Waals surface area contributed by atoms with E-state index >= 15 is 0 Å². The molecule has 1 aromatic heterocycles. The van der Waals surface area contributed by atoms with Crippen LogP contribution in [0.15, 0.2) is 18.3 Å². The monoisotopic (exact) mass is 235 g/mol. The van der Waals surface area contributed by atoms with Crippen LogP contribution in [0.2, 0.25) is 0 Å². The Kier molecular flexibility index (Phi) is 3.32. The Labute approximate surface area is 98.3 Å². The fourth-order valence-corrected chi connectivity index (χ4v) is 1.91. The summed E-state index contributed by atoms with van der Waals surface area (Å²) >= 11 is 0. The number of piperidine rings is 1. The van der Waals surface area contributed by atoms with Crippen LogP contribution in [-0.4, -0.2) is 45.2 Å². The average molecular weight is 235 g/mol. The summed E-state index contributed by atoms with van der Waals surface area (Å²) in [5, 5.41) is 16.3. The largest absolute Gasteiger partial charge is 0.481 e. The van der Waals surface area contributed by atoms with Gasteiger partial charge in [0.1, 0.15) is 0 Å². The Morgan fingerprint density at radius 1 is 1.35 bits per heavy atom. The van der Waals surface area contributed by atoms with Crippen LogP contribution in [0.25, 0.3) is 0 Å². The third-order valence-corrected chi connectivity index (χ3v) is 2.92. The van der Waals surface area contributed by atoms with Gasteiger partial charge in [0, 0.05) is 19.3 Å². The third kappa shape index (κ3) is 2.58. The number of hydrogen-bond acceptors (Lipinski definition) is 4. The molecule has 0 unspecified atom stereocenters. The molecule has 1 saturated heterocycles. The van der Waals surface area contributed by atoms with Gasteiger partial charge >= 0.3 is 5.97 Å². The molecular weight excluding hydrogens is 222 g/mol. The van der Waals surface area contributed by atoms with Gasteiger partial charge in [-0.05, 0) is 25.0 Å². The molecule has 0 saturated carbocycles. The van der Waals surface area contributed by atoms with Crippen molar-refractivity contribution in [3.05, 3.63) is 24.0 Å². The zero-order valence-corrected chi connectivity index (χ0v) is 9.24. The minimum atomic E-state index is -0.781. The molecule has 90 valence electrons. The van der Waals surface area contributed by atoms with E-state index in [9.17, 15) is 9.59 Å². The maximum Gasteiger partial charge on any atom is 0.306 e. The van der Waals surface area contributed by atoms with Crippen LogP contribution < -0.4 is 0 Å². The number of likely N-dealkylation sites (tertiary alicyclic amines) is 1. The molecular formula is C11H13N3O3. The van der Waals surface area contributed by atoms with Crippen molar-refractivity contribution in [3.8, 4) is 0 Å². The molecule has 0 aromatic carbocycles. The molecule has 1 aliphatic rings. The summed E-state index contributed by atoms with van der Waals surface area (Å²) in [6.07, 6.45) is 2.51. The first kappa shape index (κ1) is 11.5. The minimum Gasteiger partial charge on any atom is -0.481 e.